The molecule has 0 aliphatic heterocycles. The molecule has 148 valence electrons. The molecule has 0 saturated heterocycles. The van der Waals surface area contributed by atoms with E-state index in [0.29, 0.717) is 5.00 Å². The molecule has 1 aliphatic carbocycles. The number of benzene rings is 1. The molecule has 0 amide bonds. The van der Waals surface area contributed by atoms with E-state index in [9.17, 15) is 16.8 Å². The molecule has 2 aromatic rings. The minimum absolute atomic E-state index is 0.122. The van der Waals surface area contributed by atoms with Crippen LogP contribution in [0.4, 0.5) is 5.00 Å². The van der Waals surface area contributed by atoms with Crippen LogP contribution in [0.25, 0.3) is 0 Å². The molecule has 0 bridgehead atoms. The van der Waals surface area contributed by atoms with E-state index in [-0.39, 0.29) is 20.3 Å². The van der Waals surface area contributed by atoms with Crippen molar-refractivity contribution in [1.29, 1.82) is 0 Å². The second-order valence-corrected chi connectivity index (χ2v) is 12.1. The van der Waals surface area contributed by atoms with E-state index < -0.39 is 19.7 Å². The zero-order valence-corrected chi connectivity index (χ0v) is 18.1. The summed E-state index contributed by atoms with van der Waals surface area (Å²) in [6, 6.07) is 6.71. The van der Waals surface area contributed by atoms with Gasteiger partial charge in [-0.15, -0.1) is 0 Å². The van der Waals surface area contributed by atoms with Gasteiger partial charge in [0.15, 0.2) is 5.03 Å². The summed E-state index contributed by atoms with van der Waals surface area (Å²) in [4.78, 5) is 6.10. The Balaban J connectivity index is 2.12. The number of anilines is 1. The highest BCUT2D eigenvalue weighted by molar-refractivity contribution is 7.93. The summed E-state index contributed by atoms with van der Waals surface area (Å²) in [6.07, 6.45) is 6.34. The largest absolute Gasteiger partial charge is 0.361 e. The third kappa shape index (κ3) is 4.20. The lowest BCUT2D eigenvalue weighted by atomic mass is 9.95. The standard InChI is InChI=1S/C18H24N2O4S3/c1-13-9-11-15(12-10-13)27(23,24)16-17(25-18(19-16)26(3,21)22)20(2)14-7-5-4-6-8-14/h9-12,14H,4-8H2,1-3H3. The number of hydrogen-bond donors (Lipinski definition) is 0. The second-order valence-electron chi connectivity index (χ2n) is 7.08. The predicted molar refractivity (Wildman–Crippen MR) is 107 cm³/mol. The minimum Gasteiger partial charge on any atom is -0.361 e. The quantitative estimate of drug-likeness (QED) is 0.725. The summed E-state index contributed by atoms with van der Waals surface area (Å²) in [5.41, 5.74) is 0.948. The van der Waals surface area contributed by atoms with E-state index in [4.69, 9.17) is 0 Å². The number of nitrogens with zero attached hydrogens (tertiary/aromatic N) is 2. The Labute approximate surface area is 165 Å². The van der Waals surface area contributed by atoms with Gasteiger partial charge in [0.1, 0.15) is 5.00 Å². The van der Waals surface area contributed by atoms with Crippen molar-refractivity contribution >= 4 is 36.0 Å². The fraction of sp³-hybridized carbons (Fsp3) is 0.500. The highest BCUT2D eigenvalue weighted by atomic mass is 32.2. The fourth-order valence-electron chi connectivity index (χ4n) is 3.30. The van der Waals surface area contributed by atoms with Crippen molar-refractivity contribution in [2.24, 2.45) is 0 Å². The van der Waals surface area contributed by atoms with Crippen LogP contribution in [0.1, 0.15) is 37.7 Å². The van der Waals surface area contributed by atoms with Gasteiger partial charge in [-0.3, -0.25) is 0 Å². The van der Waals surface area contributed by atoms with E-state index in [1.807, 2.05) is 18.9 Å². The molecule has 0 spiro atoms. The van der Waals surface area contributed by atoms with Crippen molar-refractivity contribution in [2.45, 2.75) is 59.3 Å². The van der Waals surface area contributed by atoms with Crippen LogP contribution >= 0.6 is 11.3 Å². The summed E-state index contributed by atoms with van der Waals surface area (Å²) >= 11 is 0.941. The molecule has 27 heavy (non-hydrogen) atoms. The third-order valence-corrected chi connectivity index (χ3v) is 9.55. The van der Waals surface area contributed by atoms with E-state index >= 15 is 0 Å². The summed E-state index contributed by atoms with van der Waals surface area (Å²) in [6.45, 7) is 1.88. The first-order valence-electron chi connectivity index (χ1n) is 8.86. The van der Waals surface area contributed by atoms with Gasteiger partial charge in [-0.05, 0) is 31.9 Å². The molecule has 0 unspecified atom stereocenters. The number of thiazole rings is 1. The van der Waals surface area contributed by atoms with E-state index in [1.165, 1.54) is 18.6 Å². The number of aryl methyl sites for hydroxylation is 1. The van der Waals surface area contributed by atoms with Gasteiger partial charge in [0.05, 0.1) is 4.90 Å². The van der Waals surface area contributed by atoms with Gasteiger partial charge in [-0.2, -0.15) is 0 Å². The number of rotatable bonds is 5. The molecule has 0 radical (unpaired) electrons. The summed E-state index contributed by atoms with van der Waals surface area (Å²) in [7, 11) is -5.68. The number of aromatic nitrogens is 1. The van der Waals surface area contributed by atoms with Crippen molar-refractivity contribution in [2.75, 3.05) is 18.2 Å². The number of sulfone groups is 2. The molecule has 6 nitrogen and oxygen atoms in total. The molecule has 3 rings (SSSR count). The first kappa shape index (κ1) is 20.3. The van der Waals surface area contributed by atoms with Crippen LogP contribution in [0.5, 0.6) is 0 Å². The van der Waals surface area contributed by atoms with Gasteiger partial charge < -0.3 is 4.90 Å². The first-order chi connectivity index (χ1) is 12.6. The maximum Gasteiger partial charge on any atom is 0.226 e. The average molecular weight is 429 g/mol. The highest BCUT2D eigenvalue weighted by Crippen LogP contribution is 2.39. The minimum atomic E-state index is -3.92. The lowest BCUT2D eigenvalue weighted by Crippen LogP contribution is -2.33. The Morgan fingerprint density at radius 1 is 1.04 bits per heavy atom. The third-order valence-electron chi connectivity index (χ3n) is 4.91. The summed E-state index contributed by atoms with van der Waals surface area (Å²) in [5.74, 6) is 0. The maximum absolute atomic E-state index is 13.2. The SMILES string of the molecule is Cc1ccc(S(=O)(=O)c2nc(S(C)(=O)=O)sc2N(C)C2CCCCC2)cc1. The lowest BCUT2D eigenvalue weighted by molar-refractivity contribution is 0.427. The zero-order chi connectivity index (χ0) is 19.8. The summed E-state index contributed by atoms with van der Waals surface area (Å²) in [5, 5.41) is 0.243. The van der Waals surface area contributed by atoms with Gasteiger partial charge in [-0.25, -0.2) is 21.8 Å². The molecule has 1 saturated carbocycles. The zero-order valence-electron chi connectivity index (χ0n) is 15.7. The normalized spacial score (nSPS) is 16.4. The molecule has 1 fully saturated rings. The van der Waals surface area contributed by atoms with E-state index in [1.54, 1.807) is 12.1 Å². The topological polar surface area (TPSA) is 84.4 Å². The lowest BCUT2D eigenvalue weighted by Gasteiger charge is -2.32. The monoisotopic (exact) mass is 428 g/mol. The Morgan fingerprint density at radius 3 is 2.19 bits per heavy atom. The molecule has 1 heterocycles. The van der Waals surface area contributed by atoms with Crippen LogP contribution in [0.2, 0.25) is 0 Å². The van der Waals surface area contributed by atoms with E-state index in [2.05, 4.69) is 4.98 Å². The van der Waals surface area contributed by atoms with Crippen LogP contribution < -0.4 is 4.90 Å². The van der Waals surface area contributed by atoms with Gasteiger partial charge >= 0.3 is 0 Å². The smallest absolute Gasteiger partial charge is 0.226 e. The average Bonchev–Trinajstić information content (AvgIpc) is 3.09. The Hall–Kier alpha value is -1.45. The van der Waals surface area contributed by atoms with Crippen molar-refractivity contribution in [3.05, 3.63) is 29.8 Å². The summed E-state index contributed by atoms with van der Waals surface area (Å²) < 4.78 is 50.4. The Morgan fingerprint density at radius 2 is 1.63 bits per heavy atom. The van der Waals surface area contributed by atoms with Gasteiger partial charge in [-0.1, -0.05) is 48.3 Å². The molecule has 0 atom stereocenters. The van der Waals surface area contributed by atoms with Crippen molar-refractivity contribution in [3.63, 3.8) is 0 Å². The molecule has 1 aromatic heterocycles. The van der Waals surface area contributed by atoms with Crippen LogP contribution in [-0.4, -0.2) is 41.2 Å². The molecular formula is C18H24N2O4S3. The van der Waals surface area contributed by atoms with Crippen LogP contribution in [0.15, 0.2) is 38.5 Å². The van der Waals surface area contributed by atoms with Crippen LogP contribution in [0.3, 0.4) is 0 Å². The van der Waals surface area contributed by atoms with Crippen molar-refractivity contribution in [3.8, 4) is 0 Å². The van der Waals surface area contributed by atoms with Gasteiger partial charge in [0, 0.05) is 19.3 Å². The van der Waals surface area contributed by atoms with Crippen molar-refractivity contribution in [1.82, 2.24) is 4.98 Å². The van der Waals surface area contributed by atoms with Gasteiger partial charge in [0.25, 0.3) is 0 Å². The first-order valence-corrected chi connectivity index (χ1v) is 13.1. The van der Waals surface area contributed by atoms with Crippen LogP contribution in [0, 0.1) is 6.92 Å². The molecule has 0 N–H and O–H groups in total. The maximum atomic E-state index is 13.2. The molecule has 1 aromatic carbocycles. The second kappa shape index (κ2) is 7.52. The van der Waals surface area contributed by atoms with Gasteiger partial charge in [0.2, 0.25) is 24.0 Å². The Bertz CT molecular complexity index is 1020. The molecule has 1 aliphatic rings. The Kier molecular flexibility index (Phi) is 5.65. The predicted octanol–water partition coefficient (Wildman–Crippen LogP) is 3.46. The molecular weight excluding hydrogens is 404 g/mol. The molecule has 9 heteroatoms. The highest BCUT2D eigenvalue weighted by Gasteiger charge is 2.32. The van der Waals surface area contributed by atoms with Crippen LogP contribution in [-0.2, 0) is 19.7 Å². The number of hydrogen-bond acceptors (Lipinski definition) is 7. The van der Waals surface area contributed by atoms with Crippen molar-refractivity contribution < 1.29 is 16.8 Å². The fourth-order valence-corrected chi connectivity index (χ4v) is 7.00. The van der Waals surface area contributed by atoms with E-state index in [0.717, 1.165) is 48.8 Å².